The molecule has 91 heavy (non-hydrogen) atoms. The summed E-state index contributed by atoms with van der Waals surface area (Å²) in [6.45, 7) is 85.2. The van der Waals surface area contributed by atoms with Crippen LogP contribution in [0.25, 0.3) is 0 Å². The second-order valence-corrected chi connectivity index (χ2v) is 101. The average Bonchev–Trinajstić information content (AvgIpc) is 3.49. The van der Waals surface area contributed by atoms with Crippen LogP contribution >= 0.6 is 0 Å². The molecule has 0 bridgehead atoms. The maximum absolute atomic E-state index is 7.31. The van der Waals surface area contributed by atoms with Gasteiger partial charge in [0.2, 0.25) is 0 Å². The molecule has 0 N–H and O–H groups in total. The minimum Gasteiger partial charge on any atom is -0.437 e. The molecule has 4 unspecified atom stereocenters. The fourth-order valence-corrected chi connectivity index (χ4v) is 92.6. The topological polar surface area (TPSA) is 166 Å². The number of rotatable bonds is 43. The summed E-state index contributed by atoms with van der Waals surface area (Å²) >= 11 is 0. The summed E-state index contributed by atoms with van der Waals surface area (Å²) in [6.07, 6.45) is 5.54. The first-order chi connectivity index (χ1) is 39.8. The average molecular weight is 1790 g/mol. The Kier molecular flexibility index (Phi) is 47.4. The largest absolute Gasteiger partial charge is 0.502 e. The molecule has 0 saturated heterocycles. The molecule has 0 amide bonds. The van der Waals surface area contributed by atoms with Crippen LogP contribution in [0.5, 0.6) is 0 Å². The van der Waals surface area contributed by atoms with Crippen LogP contribution < -0.4 is 0 Å². The van der Waals surface area contributed by atoms with Gasteiger partial charge in [0, 0.05) is 65.2 Å². The molecule has 0 radical (unpaired) electrons. The first kappa shape index (κ1) is 103. The quantitative estimate of drug-likeness (QED) is 0.0417. The van der Waals surface area contributed by atoms with E-state index in [2.05, 4.69) is 243 Å². The number of unbranched alkanes of at least 4 members (excludes halogenated alkanes) is 3. The minimum atomic E-state index is -3.01. The number of hydrogen-bond acceptors (Lipinski definition) is 18. The molecule has 4 atom stereocenters. The van der Waals surface area contributed by atoms with Gasteiger partial charge >= 0.3 is 86.8 Å². The van der Waals surface area contributed by atoms with E-state index >= 15 is 0 Å². The fraction of sp³-hybridized carbons (Fsp3) is 0.889. The predicted molar refractivity (Wildman–Crippen MR) is 429 cm³/mol. The van der Waals surface area contributed by atoms with Gasteiger partial charge in [-0.1, -0.05) is 56.6 Å². The zero-order valence-electron chi connectivity index (χ0n) is 66.3. The Morgan fingerprint density at radius 3 is 0.879 bits per heavy atom. The van der Waals surface area contributed by atoms with Gasteiger partial charge in [0.15, 0.2) is 66.5 Å². The van der Waals surface area contributed by atoms with Gasteiger partial charge in [0.1, 0.15) is 0 Å². The van der Waals surface area contributed by atoms with E-state index in [1.165, 1.54) is 25.7 Å². The number of hydrogen-bond donors (Lipinski definition) is 0. The standard InChI is InChI=1S/C24H66O9Si9.C14H42O7Si6.C10H24O2Si3.C6H14.Pt.H2/c1-21-36(11,12)30-39(17,18)31-37(13,14)22-23-40(19,32-38(15,16)28-34(5,6)7)33-41(20,29-35(8,9)10)24-42(25-2,26-3)27-4;1-15-27(16-2,17-3)14-26(13,21-24(8,9)10)19-22(4)18-25(11,12)20-23(5,6)7;1-9-13(3,4)11-15(7,8)12-14(5,6)10-2;1-3-5-6-4-2;;/h21H,1,22-24H2,2-20H3;22H,14H2,1-13H3;9-10H,1-2H2,3-8H3;3-6H2,1-2H3;;1H/i;;;;;1+1. The summed E-state index contributed by atoms with van der Waals surface area (Å²) in [5.74, 6) is 0. The smallest absolute Gasteiger partial charge is 0.437 e. The monoisotopic (exact) mass is 1780 g/mol. The van der Waals surface area contributed by atoms with E-state index in [-0.39, 0.29) is 22.5 Å². The summed E-state index contributed by atoms with van der Waals surface area (Å²) in [7, 11) is -30.8. The van der Waals surface area contributed by atoms with Gasteiger partial charge < -0.3 is 75.9 Å². The summed E-state index contributed by atoms with van der Waals surface area (Å²) in [5.41, 5.74) is 6.89. The van der Waals surface area contributed by atoms with E-state index in [9.17, 15) is 0 Å². The summed E-state index contributed by atoms with van der Waals surface area (Å²) < 4.78 is 114. The van der Waals surface area contributed by atoms with Gasteiger partial charge in [0.25, 0.3) is 0 Å². The van der Waals surface area contributed by atoms with E-state index < -0.39 is 153 Å². The fourth-order valence-electron chi connectivity index (χ4n) is 10.4. The summed E-state index contributed by atoms with van der Waals surface area (Å²) in [4.78, 5) is 0. The maximum atomic E-state index is 7.31. The van der Waals surface area contributed by atoms with E-state index in [1.807, 2.05) is 17.1 Å². The van der Waals surface area contributed by atoms with Crippen LogP contribution in [0.15, 0.2) is 36.8 Å². The van der Waals surface area contributed by atoms with Crippen molar-refractivity contribution in [1.82, 2.24) is 0 Å². The van der Waals surface area contributed by atoms with Crippen LogP contribution in [0.2, 0.25) is 233 Å². The van der Waals surface area contributed by atoms with Gasteiger partial charge in [-0.15, -0.1) is 19.7 Å². The van der Waals surface area contributed by atoms with Crippen LogP contribution in [-0.4, -0.2) is 196 Å². The van der Waals surface area contributed by atoms with Crippen LogP contribution in [0.4, 0.5) is 0 Å². The van der Waals surface area contributed by atoms with E-state index in [4.69, 9.17) is 75.9 Å². The molecule has 0 aromatic rings. The minimum absolute atomic E-state index is 0. The third-order valence-corrected chi connectivity index (χ3v) is 78.5. The Labute approximate surface area is 598 Å². The summed E-state index contributed by atoms with van der Waals surface area (Å²) in [5, 5.41) is 0. The van der Waals surface area contributed by atoms with Crippen LogP contribution in [-0.2, 0) is 97.0 Å². The summed E-state index contributed by atoms with van der Waals surface area (Å²) in [6, 6.07) is 1.64. The Balaban J connectivity index is -0.000000314. The molecule has 0 aliphatic rings. The van der Waals surface area contributed by atoms with E-state index in [0.29, 0.717) is 11.3 Å². The first-order valence-electron chi connectivity index (χ1n) is 32.3. The third kappa shape index (κ3) is 51.8. The molecule has 0 heterocycles. The molecule has 37 heteroatoms. The SMILES string of the molecule is C=C[Si](C)(C)O[Si](C)(C)O[Si](C)(C)C=C.C=C[Si](C)(C)O[Si](C)(C)O[Si](C)(C)CC[Si](C)(O[Si](C)(C)O[Si](C)(C)C)O[Si](C)(C[Si](OC)(OC)OC)O[Si](C)(C)C.CCCCCC.CO[Si](C[Si](C)(O[SiH](C)O[Si](C)(C)O[Si](C)(C)C)O[Si](C)(C)C)(OC)OC.[2HH].[Pt]. The van der Waals surface area contributed by atoms with Gasteiger partial charge in [-0.3, -0.25) is 0 Å². The zero-order chi connectivity index (χ0) is 72.6. The van der Waals surface area contributed by atoms with Crippen LogP contribution in [0.1, 0.15) is 41.0 Å². The molecule has 18 nitrogen and oxygen atoms in total. The van der Waals surface area contributed by atoms with Gasteiger partial charge in [-0.05, 0) is 222 Å². The third-order valence-electron chi connectivity index (χ3n) is 12.5. The Morgan fingerprint density at radius 2 is 0.593 bits per heavy atom. The van der Waals surface area contributed by atoms with Gasteiger partial charge in [-0.2, -0.15) is 0 Å². The molecule has 554 valence electrons. The maximum Gasteiger partial charge on any atom is 0.502 e. The van der Waals surface area contributed by atoms with Crippen molar-refractivity contribution < 1.29 is 98.4 Å². The second kappa shape index (κ2) is 42.0. The molecule has 0 saturated carbocycles. The Bertz CT molecular complexity index is 2000. The van der Waals surface area contributed by atoms with Crippen molar-refractivity contribution >= 4 is 153 Å². The van der Waals surface area contributed by atoms with E-state index in [0.717, 1.165) is 12.1 Å². The van der Waals surface area contributed by atoms with Crippen molar-refractivity contribution in [2.45, 2.75) is 272 Å². The normalized spacial score (nSPS) is 16.2. The predicted octanol–water partition coefficient (Wildman–Crippen LogP) is 18.0. The first-order valence-corrected chi connectivity index (χ1v) is 82.8. The van der Waals surface area contributed by atoms with Gasteiger partial charge in [0.05, 0.1) is 11.3 Å². The molecular weight excluding hydrogens is 1640 g/mol. The van der Waals surface area contributed by atoms with Gasteiger partial charge in [-0.25, -0.2) is 0 Å². The van der Waals surface area contributed by atoms with E-state index in [1.54, 1.807) is 42.7 Å². The van der Waals surface area contributed by atoms with Crippen molar-refractivity contribution in [3.8, 4) is 0 Å². The zero-order valence-corrected chi connectivity index (χ0v) is 86.7. The Morgan fingerprint density at radius 1 is 0.319 bits per heavy atom. The molecule has 0 aliphatic heterocycles. The van der Waals surface area contributed by atoms with Crippen molar-refractivity contribution in [3.63, 3.8) is 0 Å². The van der Waals surface area contributed by atoms with Crippen LogP contribution in [0, 0.1) is 0 Å². The second-order valence-electron chi connectivity index (χ2n) is 31.6. The molecule has 0 aromatic carbocycles. The molecule has 0 fully saturated rings. The molecular formula is C54H148O18PtSi18. The van der Waals surface area contributed by atoms with Crippen LogP contribution in [0.3, 0.4) is 0 Å². The van der Waals surface area contributed by atoms with Crippen molar-refractivity contribution in [2.24, 2.45) is 0 Å². The molecule has 0 aliphatic carbocycles. The Hall–Kier alpha value is 3.09. The molecule has 0 spiro atoms. The van der Waals surface area contributed by atoms with Crippen molar-refractivity contribution in [3.05, 3.63) is 36.8 Å². The van der Waals surface area contributed by atoms with Crippen molar-refractivity contribution in [2.75, 3.05) is 42.7 Å². The van der Waals surface area contributed by atoms with Crippen molar-refractivity contribution in [1.29, 1.82) is 0 Å². The molecule has 0 aromatic heterocycles. The molecule has 0 rings (SSSR count).